The molecule has 2 amide bonds. The van der Waals surface area contributed by atoms with E-state index in [-0.39, 0.29) is 18.4 Å². The maximum atomic E-state index is 13.1. The number of hydrogen-bond donors (Lipinski definition) is 1. The number of amides is 2. The number of nitrogens with zero attached hydrogens (tertiary/aromatic N) is 3. The summed E-state index contributed by atoms with van der Waals surface area (Å²) < 4.78 is 27.6. The maximum absolute atomic E-state index is 13.1. The molecule has 0 spiro atoms. The molecule has 2 heterocycles. The molecule has 2 aromatic rings. The van der Waals surface area contributed by atoms with Crippen LogP contribution in [0.25, 0.3) is 0 Å². The van der Waals surface area contributed by atoms with Crippen LogP contribution in [0.1, 0.15) is 24.0 Å². The highest BCUT2D eigenvalue weighted by Crippen LogP contribution is 2.25. The third-order valence-electron chi connectivity index (χ3n) is 6.16. The zero-order valence-electron chi connectivity index (χ0n) is 19.1. The van der Waals surface area contributed by atoms with Crippen LogP contribution in [0.15, 0.2) is 47.4 Å². The summed E-state index contributed by atoms with van der Waals surface area (Å²) >= 11 is 0. The lowest BCUT2D eigenvalue weighted by Crippen LogP contribution is -2.50. The first kappa shape index (κ1) is 23.4. The maximum Gasteiger partial charge on any atom is 0.243 e. The van der Waals surface area contributed by atoms with Gasteiger partial charge in [0.2, 0.25) is 21.8 Å². The van der Waals surface area contributed by atoms with Gasteiger partial charge < -0.3 is 10.2 Å². The fraction of sp³-hybridized carbons (Fsp3) is 0.417. The smallest absolute Gasteiger partial charge is 0.243 e. The zero-order chi connectivity index (χ0) is 23.6. The number of nitrogens with one attached hydrogen (secondary N) is 1. The van der Waals surface area contributed by atoms with E-state index in [4.69, 9.17) is 0 Å². The summed E-state index contributed by atoms with van der Waals surface area (Å²) in [6.07, 6.45) is 1.41. The quantitative estimate of drug-likeness (QED) is 0.700. The molecule has 0 radical (unpaired) electrons. The van der Waals surface area contributed by atoms with E-state index < -0.39 is 10.0 Å². The van der Waals surface area contributed by atoms with Gasteiger partial charge in [-0.05, 0) is 50.1 Å². The predicted octanol–water partition coefficient (Wildman–Crippen LogP) is 2.38. The monoisotopic (exact) mass is 470 g/mol. The van der Waals surface area contributed by atoms with Crippen LogP contribution in [0.5, 0.6) is 0 Å². The van der Waals surface area contributed by atoms with Crippen molar-refractivity contribution < 1.29 is 18.0 Å². The van der Waals surface area contributed by atoms with E-state index in [1.165, 1.54) is 4.31 Å². The molecule has 8 nitrogen and oxygen atoms in total. The van der Waals surface area contributed by atoms with E-state index in [2.05, 4.69) is 5.32 Å². The molecular formula is C24H30N4O4S. The van der Waals surface area contributed by atoms with Gasteiger partial charge in [0.15, 0.2) is 0 Å². The molecule has 0 saturated carbocycles. The standard InChI is InChI=1S/C24H30N4O4S/c1-18-8-9-22(19(2)15-18)33(31,32)27-13-11-26(12-14-27)17-23(29)25-20-5-3-6-21(16-20)28-10-4-7-24(28)30/h3,5-6,8-9,15-16H,4,7,10-14,17H2,1-2H3,(H,25,29). The third-order valence-corrected chi connectivity index (χ3v) is 8.22. The molecule has 176 valence electrons. The second kappa shape index (κ2) is 9.62. The van der Waals surface area contributed by atoms with Crippen LogP contribution in [0.2, 0.25) is 0 Å². The van der Waals surface area contributed by atoms with Gasteiger partial charge in [-0.15, -0.1) is 0 Å². The average molecular weight is 471 g/mol. The Kier molecular flexibility index (Phi) is 6.83. The van der Waals surface area contributed by atoms with E-state index in [0.717, 1.165) is 23.2 Å². The lowest BCUT2D eigenvalue weighted by Gasteiger charge is -2.33. The minimum atomic E-state index is -3.55. The molecule has 9 heteroatoms. The van der Waals surface area contributed by atoms with E-state index in [1.807, 2.05) is 49.1 Å². The predicted molar refractivity (Wildman–Crippen MR) is 128 cm³/mol. The van der Waals surface area contributed by atoms with Gasteiger partial charge >= 0.3 is 0 Å². The summed E-state index contributed by atoms with van der Waals surface area (Å²) in [7, 11) is -3.55. The lowest BCUT2D eigenvalue weighted by molar-refractivity contribution is -0.118. The van der Waals surface area contributed by atoms with Gasteiger partial charge in [-0.25, -0.2) is 8.42 Å². The number of carbonyl (C=O) groups is 2. The number of sulfonamides is 1. The number of piperazine rings is 1. The largest absolute Gasteiger partial charge is 0.325 e. The van der Waals surface area contributed by atoms with Crippen LogP contribution in [0, 0.1) is 13.8 Å². The number of hydrogen-bond acceptors (Lipinski definition) is 5. The van der Waals surface area contributed by atoms with Crippen molar-refractivity contribution in [3.05, 3.63) is 53.6 Å². The van der Waals surface area contributed by atoms with Crippen molar-refractivity contribution in [2.45, 2.75) is 31.6 Å². The molecule has 1 N–H and O–H groups in total. The molecule has 2 fully saturated rings. The fourth-order valence-corrected chi connectivity index (χ4v) is 6.06. The summed E-state index contributed by atoms with van der Waals surface area (Å²) in [5.74, 6) is -0.0577. The first-order valence-corrected chi connectivity index (χ1v) is 12.7. The molecule has 33 heavy (non-hydrogen) atoms. The topological polar surface area (TPSA) is 90.0 Å². The van der Waals surface area contributed by atoms with Gasteiger partial charge in [0, 0.05) is 50.5 Å². The second-order valence-electron chi connectivity index (χ2n) is 8.70. The van der Waals surface area contributed by atoms with Gasteiger partial charge in [0.1, 0.15) is 0 Å². The molecule has 0 bridgehead atoms. The van der Waals surface area contributed by atoms with Crippen LogP contribution in [0.3, 0.4) is 0 Å². The third kappa shape index (κ3) is 5.26. The Balaban J connectivity index is 1.32. The molecule has 0 aromatic heterocycles. The lowest BCUT2D eigenvalue weighted by atomic mass is 10.2. The van der Waals surface area contributed by atoms with Crippen molar-refractivity contribution >= 4 is 33.2 Å². The summed E-state index contributed by atoms with van der Waals surface area (Å²) in [6.45, 7) is 6.30. The Morgan fingerprint density at radius 3 is 2.42 bits per heavy atom. The number of carbonyl (C=O) groups excluding carboxylic acids is 2. The second-order valence-corrected chi connectivity index (χ2v) is 10.6. The highest BCUT2D eigenvalue weighted by Gasteiger charge is 2.30. The van der Waals surface area contributed by atoms with Crippen molar-refractivity contribution in [3.63, 3.8) is 0 Å². The molecular weight excluding hydrogens is 440 g/mol. The molecule has 0 unspecified atom stereocenters. The Bertz CT molecular complexity index is 1160. The van der Waals surface area contributed by atoms with Crippen molar-refractivity contribution in [2.75, 3.05) is 49.5 Å². The summed E-state index contributed by atoms with van der Waals surface area (Å²) in [6, 6.07) is 12.7. The molecule has 2 aliphatic heterocycles. The van der Waals surface area contributed by atoms with E-state index >= 15 is 0 Å². The summed E-state index contributed by atoms with van der Waals surface area (Å²) in [5, 5.41) is 2.90. The van der Waals surface area contributed by atoms with Gasteiger partial charge in [-0.1, -0.05) is 23.8 Å². The molecule has 0 aliphatic carbocycles. The van der Waals surface area contributed by atoms with Crippen molar-refractivity contribution in [2.24, 2.45) is 0 Å². The number of benzene rings is 2. The van der Waals surface area contributed by atoms with E-state index in [9.17, 15) is 18.0 Å². The molecule has 2 aromatic carbocycles. The molecule has 2 aliphatic rings. The van der Waals surface area contributed by atoms with E-state index in [0.29, 0.717) is 49.7 Å². The minimum Gasteiger partial charge on any atom is -0.325 e. The van der Waals surface area contributed by atoms with Crippen LogP contribution in [-0.2, 0) is 19.6 Å². The van der Waals surface area contributed by atoms with Gasteiger partial charge in [-0.3, -0.25) is 14.5 Å². The minimum absolute atomic E-state index is 0.104. The summed E-state index contributed by atoms with van der Waals surface area (Å²) in [5.41, 5.74) is 3.21. The molecule has 2 saturated heterocycles. The Hall–Kier alpha value is -2.75. The molecule has 0 atom stereocenters. The van der Waals surface area contributed by atoms with Crippen LogP contribution >= 0.6 is 0 Å². The number of anilines is 2. The van der Waals surface area contributed by atoms with Gasteiger partial charge in [-0.2, -0.15) is 4.31 Å². The average Bonchev–Trinajstić information content (AvgIpc) is 3.20. The number of aryl methyl sites for hydroxylation is 2. The van der Waals surface area contributed by atoms with Crippen LogP contribution in [-0.4, -0.2) is 68.7 Å². The normalized spacial score (nSPS) is 18.0. The van der Waals surface area contributed by atoms with Crippen LogP contribution < -0.4 is 10.2 Å². The van der Waals surface area contributed by atoms with Gasteiger partial charge in [0.05, 0.1) is 11.4 Å². The van der Waals surface area contributed by atoms with Crippen molar-refractivity contribution in [1.82, 2.24) is 9.21 Å². The zero-order valence-corrected chi connectivity index (χ0v) is 19.9. The highest BCUT2D eigenvalue weighted by molar-refractivity contribution is 7.89. The van der Waals surface area contributed by atoms with Crippen molar-refractivity contribution in [3.8, 4) is 0 Å². The number of rotatable bonds is 6. The van der Waals surface area contributed by atoms with E-state index in [1.54, 1.807) is 17.0 Å². The molecule has 4 rings (SSSR count). The first-order chi connectivity index (χ1) is 15.7. The van der Waals surface area contributed by atoms with Crippen molar-refractivity contribution in [1.29, 1.82) is 0 Å². The Labute approximate surface area is 195 Å². The van der Waals surface area contributed by atoms with Crippen LogP contribution in [0.4, 0.5) is 11.4 Å². The Morgan fingerprint density at radius 2 is 1.76 bits per heavy atom. The highest BCUT2D eigenvalue weighted by atomic mass is 32.2. The summed E-state index contributed by atoms with van der Waals surface area (Å²) in [4.78, 5) is 28.6. The Morgan fingerprint density at radius 1 is 1.00 bits per heavy atom. The first-order valence-electron chi connectivity index (χ1n) is 11.2. The van der Waals surface area contributed by atoms with Gasteiger partial charge in [0.25, 0.3) is 0 Å². The fourth-order valence-electron chi connectivity index (χ4n) is 4.43. The SMILES string of the molecule is Cc1ccc(S(=O)(=O)N2CCN(CC(=O)Nc3cccc(N4CCCC4=O)c3)CC2)c(C)c1.